The number of aromatic nitrogens is 2. The molecule has 1 fully saturated rings. The van der Waals surface area contributed by atoms with Crippen molar-refractivity contribution < 1.29 is 17.4 Å². The van der Waals surface area contributed by atoms with E-state index < -0.39 is 15.6 Å². The van der Waals surface area contributed by atoms with E-state index in [1.54, 1.807) is 12.1 Å². The summed E-state index contributed by atoms with van der Waals surface area (Å²) < 4.78 is 38.3. The zero-order valence-electron chi connectivity index (χ0n) is 19.4. The number of aryl methyl sites for hydroxylation is 2. The third kappa shape index (κ3) is 5.19. The van der Waals surface area contributed by atoms with E-state index >= 15 is 0 Å². The zero-order chi connectivity index (χ0) is 24.4. The molecule has 3 heterocycles. The van der Waals surface area contributed by atoms with Gasteiger partial charge < -0.3 is 13.8 Å². The topological polar surface area (TPSA) is 110 Å². The SMILES string of the molecule is Cc1ccc(-c2noc(CCCN3CCN(S(=O)(=O)c4ccc5oc(=O)ccc5c4)CC3)n2)cc1. The Morgan fingerprint density at radius 3 is 2.51 bits per heavy atom. The fourth-order valence-corrected chi connectivity index (χ4v) is 5.64. The van der Waals surface area contributed by atoms with Gasteiger partial charge in [0.15, 0.2) is 0 Å². The number of sulfonamides is 1. The monoisotopic (exact) mass is 494 g/mol. The van der Waals surface area contributed by atoms with E-state index in [4.69, 9.17) is 8.94 Å². The van der Waals surface area contributed by atoms with Gasteiger partial charge in [-0.1, -0.05) is 35.0 Å². The zero-order valence-corrected chi connectivity index (χ0v) is 20.2. The van der Waals surface area contributed by atoms with Gasteiger partial charge in [0, 0.05) is 49.6 Å². The minimum absolute atomic E-state index is 0.202. The summed E-state index contributed by atoms with van der Waals surface area (Å²) in [6, 6.07) is 15.4. The Morgan fingerprint density at radius 2 is 1.74 bits per heavy atom. The molecule has 0 spiro atoms. The lowest BCUT2D eigenvalue weighted by Crippen LogP contribution is -2.48. The molecule has 0 saturated carbocycles. The first kappa shape index (κ1) is 23.4. The quantitative estimate of drug-likeness (QED) is 0.361. The highest BCUT2D eigenvalue weighted by Gasteiger charge is 2.28. The Hall–Kier alpha value is -3.34. The van der Waals surface area contributed by atoms with Crippen molar-refractivity contribution in [3.05, 3.63) is 76.5 Å². The third-order valence-corrected chi connectivity index (χ3v) is 8.10. The van der Waals surface area contributed by atoms with Crippen molar-refractivity contribution in [2.24, 2.45) is 0 Å². The highest BCUT2D eigenvalue weighted by atomic mass is 32.2. The van der Waals surface area contributed by atoms with Crippen molar-refractivity contribution in [2.45, 2.75) is 24.7 Å². The molecule has 0 radical (unpaired) electrons. The van der Waals surface area contributed by atoms with Gasteiger partial charge in [-0.05, 0) is 44.2 Å². The predicted molar refractivity (Wildman–Crippen MR) is 130 cm³/mol. The van der Waals surface area contributed by atoms with Crippen LogP contribution in [0.5, 0.6) is 0 Å². The molecule has 2 aromatic carbocycles. The van der Waals surface area contributed by atoms with E-state index in [1.165, 1.54) is 28.1 Å². The van der Waals surface area contributed by atoms with Gasteiger partial charge >= 0.3 is 5.63 Å². The lowest BCUT2D eigenvalue weighted by Gasteiger charge is -2.33. The van der Waals surface area contributed by atoms with Gasteiger partial charge in [0.2, 0.25) is 21.7 Å². The maximum atomic E-state index is 13.1. The maximum Gasteiger partial charge on any atom is 0.336 e. The lowest BCUT2D eigenvalue weighted by molar-refractivity contribution is 0.185. The molecule has 182 valence electrons. The van der Waals surface area contributed by atoms with E-state index in [0.717, 1.165) is 18.5 Å². The third-order valence-electron chi connectivity index (χ3n) is 6.20. The Kier molecular flexibility index (Phi) is 6.50. The Bertz CT molecular complexity index is 1490. The fourth-order valence-electron chi connectivity index (χ4n) is 4.18. The number of piperazine rings is 1. The Balaban J connectivity index is 1.13. The van der Waals surface area contributed by atoms with Crippen LogP contribution in [0.25, 0.3) is 22.4 Å². The van der Waals surface area contributed by atoms with E-state index in [0.29, 0.717) is 55.3 Å². The van der Waals surface area contributed by atoms with Crippen LogP contribution in [0, 0.1) is 6.92 Å². The molecule has 0 bridgehead atoms. The van der Waals surface area contributed by atoms with Gasteiger partial charge in [0.05, 0.1) is 4.90 Å². The highest BCUT2D eigenvalue weighted by Crippen LogP contribution is 2.22. The number of fused-ring (bicyclic) bond motifs is 1. The van der Waals surface area contributed by atoms with Crippen LogP contribution in [0.2, 0.25) is 0 Å². The molecule has 2 aromatic heterocycles. The largest absolute Gasteiger partial charge is 0.423 e. The van der Waals surface area contributed by atoms with Crippen LogP contribution in [0.15, 0.2) is 73.2 Å². The number of hydrogen-bond donors (Lipinski definition) is 0. The van der Waals surface area contributed by atoms with Gasteiger partial charge in [0.25, 0.3) is 0 Å². The molecule has 4 aromatic rings. The van der Waals surface area contributed by atoms with Gasteiger partial charge in [-0.25, -0.2) is 13.2 Å². The van der Waals surface area contributed by atoms with Crippen LogP contribution in [0.3, 0.4) is 0 Å². The average molecular weight is 495 g/mol. The summed E-state index contributed by atoms with van der Waals surface area (Å²) >= 11 is 0. The number of rotatable bonds is 7. The first-order chi connectivity index (χ1) is 16.9. The molecule has 5 rings (SSSR count). The van der Waals surface area contributed by atoms with Crippen molar-refractivity contribution in [2.75, 3.05) is 32.7 Å². The van der Waals surface area contributed by atoms with Gasteiger partial charge in [0.1, 0.15) is 5.58 Å². The van der Waals surface area contributed by atoms with Crippen LogP contribution >= 0.6 is 0 Å². The Morgan fingerprint density at radius 1 is 0.971 bits per heavy atom. The summed E-state index contributed by atoms with van der Waals surface area (Å²) in [4.78, 5) is 18.3. The fraction of sp³-hybridized carbons (Fsp3) is 0.320. The summed E-state index contributed by atoms with van der Waals surface area (Å²) in [5, 5.41) is 4.66. The van der Waals surface area contributed by atoms with Crippen LogP contribution in [0.1, 0.15) is 17.9 Å². The molecule has 0 N–H and O–H groups in total. The molecule has 9 nitrogen and oxygen atoms in total. The maximum absolute atomic E-state index is 13.1. The standard InChI is InChI=1S/C25H26N4O5S/c1-18-4-6-19(7-5-18)25-26-23(34-27-25)3-2-12-28-13-15-29(16-14-28)35(31,32)21-9-10-22-20(17-21)8-11-24(30)33-22/h4-11,17H,2-3,12-16H2,1H3. The van der Waals surface area contributed by atoms with Crippen molar-refractivity contribution in [1.29, 1.82) is 0 Å². The minimum Gasteiger partial charge on any atom is -0.423 e. The molecular formula is C25H26N4O5S. The van der Waals surface area contributed by atoms with E-state index in [-0.39, 0.29) is 4.90 Å². The van der Waals surface area contributed by atoms with Gasteiger partial charge in [-0.3, -0.25) is 0 Å². The summed E-state index contributed by atoms with van der Waals surface area (Å²) in [5.41, 5.74) is 2.01. The molecule has 0 amide bonds. The second-order valence-corrected chi connectivity index (χ2v) is 10.6. The summed E-state index contributed by atoms with van der Waals surface area (Å²) in [6.07, 6.45) is 1.52. The lowest BCUT2D eigenvalue weighted by atomic mass is 10.1. The van der Waals surface area contributed by atoms with Crippen LogP contribution < -0.4 is 5.63 Å². The smallest absolute Gasteiger partial charge is 0.336 e. The first-order valence-corrected chi connectivity index (χ1v) is 13.0. The molecule has 0 aliphatic carbocycles. The van der Waals surface area contributed by atoms with Crippen molar-refractivity contribution >= 4 is 21.0 Å². The van der Waals surface area contributed by atoms with Crippen molar-refractivity contribution in [3.63, 3.8) is 0 Å². The van der Waals surface area contributed by atoms with Gasteiger partial charge in [-0.15, -0.1) is 0 Å². The second-order valence-electron chi connectivity index (χ2n) is 8.68. The summed E-state index contributed by atoms with van der Waals surface area (Å²) in [6.45, 7) is 5.00. The minimum atomic E-state index is -3.62. The molecule has 10 heteroatoms. The van der Waals surface area contributed by atoms with E-state index in [2.05, 4.69) is 15.0 Å². The van der Waals surface area contributed by atoms with Crippen LogP contribution in [0.4, 0.5) is 0 Å². The van der Waals surface area contributed by atoms with Crippen molar-refractivity contribution in [1.82, 2.24) is 19.3 Å². The summed E-state index contributed by atoms with van der Waals surface area (Å²) in [5.74, 6) is 1.20. The van der Waals surface area contributed by atoms with Crippen LogP contribution in [-0.2, 0) is 16.4 Å². The van der Waals surface area contributed by atoms with Crippen molar-refractivity contribution in [3.8, 4) is 11.4 Å². The predicted octanol–water partition coefficient (Wildman–Crippen LogP) is 3.09. The molecular weight excluding hydrogens is 468 g/mol. The molecule has 0 atom stereocenters. The molecule has 0 unspecified atom stereocenters. The molecule has 35 heavy (non-hydrogen) atoms. The number of benzene rings is 2. The second kappa shape index (κ2) is 9.73. The first-order valence-electron chi connectivity index (χ1n) is 11.5. The van der Waals surface area contributed by atoms with E-state index in [1.807, 2.05) is 31.2 Å². The van der Waals surface area contributed by atoms with Crippen LogP contribution in [-0.4, -0.2) is 60.5 Å². The average Bonchev–Trinajstić information content (AvgIpc) is 3.33. The Labute approximate surface area is 203 Å². The normalized spacial score (nSPS) is 15.6. The molecule has 1 saturated heterocycles. The van der Waals surface area contributed by atoms with Gasteiger partial charge in [-0.2, -0.15) is 9.29 Å². The van der Waals surface area contributed by atoms with E-state index in [9.17, 15) is 13.2 Å². The molecule has 1 aliphatic rings. The summed E-state index contributed by atoms with van der Waals surface area (Å²) in [7, 11) is -3.62. The number of nitrogens with zero attached hydrogens (tertiary/aromatic N) is 4. The highest BCUT2D eigenvalue weighted by molar-refractivity contribution is 7.89. The molecule has 1 aliphatic heterocycles. The number of hydrogen-bond acceptors (Lipinski definition) is 8.